The van der Waals surface area contributed by atoms with Crippen molar-refractivity contribution < 1.29 is 4.42 Å². The topological polar surface area (TPSA) is 37.5 Å². The normalized spacial score (nSPS) is 13.7. The zero-order chi connectivity index (χ0) is 9.38. The highest BCUT2D eigenvalue weighted by Crippen LogP contribution is 2.24. The first kappa shape index (κ1) is 7.38. The summed E-state index contributed by atoms with van der Waals surface area (Å²) in [7, 11) is 0. The number of furan rings is 1. The molecule has 0 amide bonds. The van der Waals surface area contributed by atoms with E-state index in [9.17, 15) is 0 Å². The Morgan fingerprint density at radius 2 is 2.29 bits per heavy atom. The average Bonchev–Trinajstić information content (AvgIpc) is 2.51. The van der Waals surface area contributed by atoms with Crippen LogP contribution < -0.4 is 5.32 Å². The molecule has 0 unspecified atom stereocenters. The highest BCUT2D eigenvalue weighted by Gasteiger charge is 2.05. The summed E-state index contributed by atoms with van der Waals surface area (Å²) >= 11 is 0. The Kier molecular flexibility index (Phi) is 1.44. The molecule has 1 N–H and O–H groups in total. The smallest absolute Gasteiger partial charge is 0.135 e. The molecule has 0 atom stereocenters. The van der Waals surface area contributed by atoms with Crippen LogP contribution in [0, 0.1) is 0 Å². The summed E-state index contributed by atoms with van der Waals surface area (Å²) < 4.78 is 5.32. The number of fused-ring (bicyclic) bond motifs is 2. The van der Waals surface area contributed by atoms with Gasteiger partial charge in [0.15, 0.2) is 0 Å². The Bertz CT molecular complexity index is 537. The summed E-state index contributed by atoms with van der Waals surface area (Å²) in [6.07, 6.45) is 7.05. The maximum atomic E-state index is 5.32. The van der Waals surface area contributed by atoms with Crippen LogP contribution in [0.15, 0.2) is 46.3 Å². The standard InChI is InChI=1S/C11H8N2O/c1-4-14-11-6-10-9(5-8(1)11)7-12-2-3-13-10/h1-7,13H. The van der Waals surface area contributed by atoms with Crippen molar-refractivity contribution in [2.45, 2.75) is 0 Å². The predicted octanol–water partition coefficient (Wildman–Crippen LogP) is 2.75. The molecule has 2 aromatic rings. The van der Waals surface area contributed by atoms with Crippen molar-refractivity contribution >= 4 is 22.9 Å². The van der Waals surface area contributed by atoms with Gasteiger partial charge in [-0.05, 0) is 12.1 Å². The van der Waals surface area contributed by atoms with Crippen molar-refractivity contribution in [3.8, 4) is 0 Å². The van der Waals surface area contributed by atoms with Gasteiger partial charge in [0, 0.05) is 35.6 Å². The fraction of sp³-hybridized carbons (Fsp3) is 0. The van der Waals surface area contributed by atoms with Crippen LogP contribution in [-0.4, -0.2) is 6.21 Å². The van der Waals surface area contributed by atoms with Crippen LogP contribution in [0.25, 0.3) is 11.0 Å². The Labute approximate surface area is 80.8 Å². The molecule has 1 aromatic carbocycles. The number of nitrogens with one attached hydrogen (secondary N) is 1. The molecule has 3 nitrogen and oxygen atoms in total. The summed E-state index contributed by atoms with van der Waals surface area (Å²) in [4.78, 5) is 4.10. The van der Waals surface area contributed by atoms with Crippen molar-refractivity contribution in [2.24, 2.45) is 4.99 Å². The van der Waals surface area contributed by atoms with Crippen LogP contribution in [0.2, 0.25) is 0 Å². The van der Waals surface area contributed by atoms with Crippen molar-refractivity contribution in [1.82, 2.24) is 0 Å². The van der Waals surface area contributed by atoms with Gasteiger partial charge in [-0.2, -0.15) is 0 Å². The molecule has 0 spiro atoms. The largest absolute Gasteiger partial charge is 0.464 e. The molecule has 3 rings (SSSR count). The van der Waals surface area contributed by atoms with E-state index in [2.05, 4.69) is 16.4 Å². The van der Waals surface area contributed by atoms with E-state index in [1.165, 1.54) is 0 Å². The molecule has 14 heavy (non-hydrogen) atoms. The van der Waals surface area contributed by atoms with Crippen LogP contribution >= 0.6 is 0 Å². The van der Waals surface area contributed by atoms with Gasteiger partial charge in [-0.25, -0.2) is 0 Å². The highest BCUT2D eigenvalue weighted by molar-refractivity contribution is 5.96. The summed E-state index contributed by atoms with van der Waals surface area (Å²) in [6, 6.07) is 5.98. The molecule has 0 saturated heterocycles. The second kappa shape index (κ2) is 2.73. The van der Waals surface area contributed by atoms with Gasteiger partial charge in [0.1, 0.15) is 5.58 Å². The van der Waals surface area contributed by atoms with Gasteiger partial charge >= 0.3 is 0 Å². The molecule has 0 radical (unpaired) electrons. The van der Waals surface area contributed by atoms with Gasteiger partial charge in [-0.3, -0.25) is 4.99 Å². The first-order valence-electron chi connectivity index (χ1n) is 4.39. The van der Waals surface area contributed by atoms with E-state index in [4.69, 9.17) is 4.42 Å². The van der Waals surface area contributed by atoms with Crippen molar-refractivity contribution in [3.63, 3.8) is 0 Å². The number of nitrogens with zero attached hydrogens (tertiary/aromatic N) is 1. The molecule has 1 aromatic heterocycles. The van der Waals surface area contributed by atoms with Gasteiger partial charge in [-0.1, -0.05) is 0 Å². The third-order valence-corrected chi connectivity index (χ3v) is 2.24. The Balaban J connectivity index is 2.31. The quantitative estimate of drug-likeness (QED) is 0.683. The third-order valence-electron chi connectivity index (χ3n) is 2.24. The second-order valence-electron chi connectivity index (χ2n) is 3.14. The highest BCUT2D eigenvalue weighted by atomic mass is 16.3. The zero-order valence-corrected chi connectivity index (χ0v) is 7.40. The number of benzene rings is 1. The molecule has 3 heteroatoms. The minimum absolute atomic E-state index is 0.889. The van der Waals surface area contributed by atoms with Crippen LogP contribution in [0.5, 0.6) is 0 Å². The maximum Gasteiger partial charge on any atom is 0.135 e. The van der Waals surface area contributed by atoms with E-state index in [1.807, 2.05) is 18.3 Å². The Hall–Kier alpha value is -2.03. The van der Waals surface area contributed by atoms with Crippen molar-refractivity contribution in [2.75, 3.05) is 5.32 Å². The Morgan fingerprint density at radius 3 is 3.29 bits per heavy atom. The molecule has 1 aliphatic heterocycles. The average molecular weight is 184 g/mol. The number of anilines is 1. The number of hydrogen-bond donors (Lipinski definition) is 1. The third kappa shape index (κ3) is 1.03. The van der Waals surface area contributed by atoms with Crippen molar-refractivity contribution in [3.05, 3.63) is 42.4 Å². The molecule has 0 aliphatic carbocycles. The zero-order valence-electron chi connectivity index (χ0n) is 7.40. The van der Waals surface area contributed by atoms with E-state index in [0.29, 0.717) is 0 Å². The van der Waals surface area contributed by atoms with Gasteiger partial charge < -0.3 is 9.73 Å². The van der Waals surface area contributed by atoms with Gasteiger partial charge in [-0.15, -0.1) is 0 Å². The van der Waals surface area contributed by atoms with E-state index >= 15 is 0 Å². The summed E-state index contributed by atoms with van der Waals surface area (Å²) in [5.41, 5.74) is 2.98. The lowest BCUT2D eigenvalue weighted by Crippen LogP contribution is -1.91. The molecule has 1 aliphatic rings. The Morgan fingerprint density at radius 1 is 1.29 bits per heavy atom. The first-order chi connectivity index (χ1) is 6.93. The predicted molar refractivity (Wildman–Crippen MR) is 56.6 cm³/mol. The first-order valence-corrected chi connectivity index (χ1v) is 4.39. The van der Waals surface area contributed by atoms with E-state index in [-0.39, 0.29) is 0 Å². The lowest BCUT2D eigenvalue weighted by Gasteiger charge is -2.02. The van der Waals surface area contributed by atoms with Crippen LogP contribution in [0.4, 0.5) is 5.69 Å². The van der Waals surface area contributed by atoms with Crippen LogP contribution in [0.1, 0.15) is 5.56 Å². The minimum Gasteiger partial charge on any atom is -0.464 e. The van der Waals surface area contributed by atoms with Gasteiger partial charge in [0.2, 0.25) is 0 Å². The number of aliphatic imine (C=N–C) groups is 1. The fourth-order valence-corrected chi connectivity index (χ4v) is 1.55. The van der Waals surface area contributed by atoms with Gasteiger partial charge in [0.05, 0.1) is 12.0 Å². The second-order valence-corrected chi connectivity index (χ2v) is 3.14. The molecule has 0 fully saturated rings. The summed E-state index contributed by atoms with van der Waals surface area (Å²) in [5.74, 6) is 0. The monoisotopic (exact) mass is 184 g/mol. The molecule has 2 heterocycles. The van der Waals surface area contributed by atoms with E-state index < -0.39 is 0 Å². The molecule has 0 bridgehead atoms. The molecular weight excluding hydrogens is 176 g/mol. The number of rotatable bonds is 0. The molecule has 68 valence electrons. The van der Waals surface area contributed by atoms with E-state index in [0.717, 1.165) is 22.2 Å². The lowest BCUT2D eigenvalue weighted by molar-refractivity contribution is 0.616. The van der Waals surface area contributed by atoms with E-state index in [1.54, 1.807) is 18.7 Å². The SMILES string of the molecule is C1=CNc2cc3occc3cc2C=N1. The summed E-state index contributed by atoms with van der Waals surface area (Å²) in [6.45, 7) is 0. The molecule has 0 saturated carbocycles. The fourth-order valence-electron chi connectivity index (χ4n) is 1.55. The van der Waals surface area contributed by atoms with Crippen LogP contribution in [-0.2, 0) is 0 Å². The minimum atomic E-state index is 0.889. The summed E-state index contributed by atoms with van der Waals surface area (Å²) in [5, 5.41) is 4.24. The lowest BCUT2D eigenvalue weighted by atomic mass is 10.1. The van der Waals surface area contributed by atoms with Crippen molar-refractivity contribution in [1.29, 1.82) is 0 Å². The maximum absolute atomic E-state index is 5.32. The number of hydrogen-bond acceptors (Lipinski definition) is 3. The van der Waals surface area contributed by atoms with Gasteiger partial charge in [0.25, 0.3) is 0 Å². The molecular formula is C11H8N2O. The van der Waals surface area contributed by atoms with Crippen LogP contribution in [0.3, 0.4) is 0 Å².